The Bertz CT molecular complexity index is 1270. The van der Waals surface area contributed by atoms with Gasteiger partial charge < -0.3 is 19.8 Å². The van der Waals surface area contributed by atoms with Crippen molar-refractivity contribution in [1.82, 2.24) is 9.55 Å². The number of para-hydroxylation sites is 1. The Morgan fingerprint density at radius 3 is 2.71 bits per heavy atom. The molecule has 9 heteroatoms. The number of H-pyrrole nitrogens is 1. The molecule has 3 atom stereocenters. The van der Waals surface area contributed by atoms with E-state index >= 15 is 0 Å². The average Bonchev–Trinajstić information content (AvgIpc) is 3.14. The topological polar surface area (TPSA) is 108 Å². The fourth-order valence-electron chi connectivity index (χ4n) is 4.06. The first kappa shape index (κ1) is 20.1. The highest BCUT2D eigenvalue weighted by Crippen LogP contribution is 2.48. The Labute approximate surface area is 181 Å². The first-order valence-corrected chi connectivity index (χ1v) is 10.7. The zero-order chi connectivity index (χ0) is 21.7. The quantitative estimate of drug-likeness (QED) is 0.573. The molecule has 3 N–H and O–H groups in total. The van der Waals surface area contributed by atoms with Gasteiger partial charge in [-0.1, -0.05) is 30.0 Å². The Kier molecular flexibility index (Phi) is 4.98. The molecule has 1 aromatic heterocycles. The zero-order valence-electron chi connectivity index (χ0n) is 16.7. The molecule has 8 nitrogen and oxygen atoms in total. The van der Waals surface area contributed by atoms with E-state index < -0.39 is 29.7 Å². The normalized spacial score (nSPS) is 22.3. The number of aromatic amines is 1. The van der Waals surface area contributed by atoms with Gasteiger partial charge in [0.25, 0.3) is 5.56 Å². The van der Waals surface area contributed by atoms with Crippen molar-refractivity contribution in [3.05, 3.63) is 69.5 Å². The number of benzene rings is 2. The lowest BCUT2D eigenvalue weighted by molar-refractivity contribution is -0.0458. The summed E-state index contributed by atoms with van der Waals surface area (Å²) >= 11 is 1.63. The lowest BCUT2D eigenvalue weighted by atomic mass is 10.1. The predicted molar refractivity (Wildman–Crippen MR) is 117 cm³/mol. The summed E-state index contributed by atoms with van der Waals surface area (Å²) in [6.45, 7) is -0.348. The van der Waals surface area contributed by atoms with Gasteiger partial charge in [0.15, 0.2) is 0 Å². The van der Waals surface area contributed by atoms with Crippen LogP contribution >= 0.6 is 11.8 Å². The molecule has 1 fully saturated rings. The van der Waals surface area contributed by atoms with Gasteiger partial charge in [0.05, 0.1) is 29.6 Å². The van der Waals surface area contributed by atoms with E-state index in [0.717, 1.165) is 21.2 Å². The molecule has 2 aliphatic rings. The number of hydrogen-bond donors (Lipinski definition) is 3. The minimum atomic E-state index is -0.881. The summed E-state index contributed by atoms with van der Waals surface area (Å²) in [5.41, 5.74) is 2.04. The number of hydrogen-bond acceptors (Lipinski definition) is 7. The van der Waals surface area contributed by atoms with E-state index in [1.54, 1.807) is 11.8 Å². The zero-order valence-corrected chi connectivity index (χ0v) is 17.5. The lowest BCUT2D eigenvalue weighted by Gasteiger charge is -2.29. The maximum atomic E-state index is 12.6. The average molecular weight is 439 g/mol. The van der Waals surface area contributed by atoms with Crippen LogP contribution in [0.5, 0.6) is 0 Å². The van der Waals surface area contributed by atoms with Crippen molar-refractivity contribution in [2.24, 2.45) is 0 Å². The second kappa shape index (κ2) is 7.69. The molecular weight excluding hydrogens is 418 g/mol. The summed E-state index contributed by atoms with van der Waals surface area (Å²) in [7, 11) is 2.00. The minimum Gasteiger partial charge on any atom is -0.394 e. The molecule has 2 aliphatic heterocycles. The molecule has 31 heavy (non-hydrogen) atoms. The Balaban J connectivity index is 1.55. The smallest absolute Gasteiger partial charge is 0.330 e. The number of aromatic nitrogens is 2. The molecule has 0 saturated carbocycles. The van der Waals surface area contributed by atoms with E-state index in [9.17, 15) is 19.8 Å². The van der Waals surface area contributed by atoms with Crippen LogP contribution < -0.4 is 16.1 Å². The summed E-state index contributed by atoms with van der Waals surface area (Å²) < 4.78 is 6.86. The van der Waals surface area contributed by atoms with Gasteiger partial charge in [-0.05, 0) is 29.8 Å². The van der Waals surface area contributed by atoms with Gasteiger partial charge in [0.1, 0.15) is 12.3 Å². The van der Waals surface area contributed by atoms with Gasteiger partial charge in [0, 0.05) is 29.5 Å². The van der Waals surface area contributed by atoms with Gasteiger partial charge >= 0.3 is 5.69 Å². The predicted octanol–water partition coefficient (Wildman–Crippen LogP) is 2.08. The van der Waals surface area contributed by atoms with Crippen LogP contribution in [0, 0.1) is 0 Å². The fourth-order valence-corrected chi connectivity index (χ4v) is 5.25. The molecule has 1 unspecified atom stereocenters. The molecule has 0 amide bonds. The van der Waals surface area contributed by atoms with Crippen LogP contribution in [0.4, 0.5) is 11.4 Å². The number of nitrogens with zero attached hydrogens (tertiary/aromatic N) is 2. The van der Waals surface area contributed by atoms with Crippen LogP contribution in [0.25, 0.3) is 11.1 Å². The number of aliphatic hydroxyl groups excluding tert-OH is 2. The number of ether oxygens (including phenoxy) is 1. The number of fused-ring (bicyclic) bond motifs is 2. The van der Waals surface area contributed by atoms with Crippen LogP contribution in [0.3, 0.4) is 0 Å². The SMILES string of the molecule is CN1c2ccccc2Sc2cc(-c3cn([C@@H]4CC(O)[C@H](CO)O4)c(=O)[nH]c3=O)ccc21. The highest BCUT2D eigenvalue weighted by Gasteiger charge is 2.35. The summed E-state index contributed by atoms with van der Waals surface area (Å²) in [6, 6.07) is 13.9. The molecule has 160 valence electrons. The highest BCUT2D eigenvalue weighted by molar-refractivity contribution is 7.99. The van der Waals surface area contributed by atoms with Crippen LogP contribution in [-0.4, -0.2) is 45.6 Å². The number of aliphatic hydroxyl groups is 2. The van der Waals surface area contributed by atoms with Gasteiger partial charge in [-0.3, -0.25) is 14.3 Å². The van der Waals surface area contributed by atoms with Crippen molar-refractivity contribution >= 4 is 23.1 Å². The first-order chi connectivity index (χ1) is 15.0. The van der Waals surface area contributed by atoms with Gasteiger partial charge in [-0.15, -0.1) is 0 Å². The molecule has 5 rings (SSSR count). The minimum absolute atomic E-state index is 0.151. The fraction of sp³-hybridized carbons (Fsp3) is 0.273. The van der Waals surface area contributed by atoms with Gasteiger partial charge in [-0.2, -0.15) is 0 Å². The van der Waals surface area contributed by atoms with E-state index in [2.05, 4.69) is 22.0 Å². The summed E-state index contributed by atoms with van der Waals surface area (Å²) in [4.78, 5) is 31.6. The lowest BCUT2D eigenvalue weighted by Crippen LogP contribution is -2.33. The van der Waals surface area contributed by atoms with Crippen molar-refractivity contribution in [3.63, 3.8) is 0 Å². The van der Waals surface area contributed by atoms with Gasteiger partial charge in [0.2, 0.25) is 0 Å². The Morgan fingerprint density at radius 1 is 1.16 bits per heavy atom. The number of nitrogens with one attached hydrogen (secondary N) is 1. The van der Waals surface area contributed by atoms with Crippen molar-refractivity contribution in [2.45, 2.75) is 34.6 Å². The number of rotatable bonds is 3. The third kappa shape index (κ3) is 3.39. The van der Waals surface area contributed by atoms with E-state index in [-0.39, 0.29) is 13.0 Å². The second-order valence-corrected chi connectivity index (χ2v) is 8.72. The summed E-state index contributed by atoms with van der Waals surface area (Å²) in [5.74, 6) is 0. The standard InChI is InChI=1S/C22H21N3O5S/c1-24-14-4-2-3-5-18(14)31-19-8-12(6-7-15(19)24)13-10-25(22(29)23-21(13)28)20-9-16(27)17(11-26)30-20/h2-8,10,16-17,20,26-27H,9,11H2,1H3,(H,23,28,29)/t16?,17-,20-/m0/s1. The summed E-state index contributed by atoms with van der Waals surface area (Å²) in [6.07, 6.45) is -0.792. The van der Waals surface area contributed by atoms with Crippen LogP contribution in [0.15, 0.2) is 68.0 Å². The third-order valence-electron chi connectivity index (χ3n) is 5.74. The van der Waals surface area contributed by atoms with Crippen molar-refractivity contribution in [2.75, 3.05) is 18.6 Å². The van der Waals surface area contributed by atoms with E-state index in [4.69, 9.17) is 4.74 Å². The highest BCUT2D eigenvalue weighted by atomic mass is 32.2. The maximum absolute atomic E-state index is 12.6. The first-order valence-electron chi connectivity index (χ1n) is 9.91. The number of anilines is 2. The molecule has 3 heterocycles. The molecule has 3 aromatic rings. The molecule has 0 spiro atoms. The van der Waals surface area contributed by atoms with Gasteiger partial charge in [-0.25, -0.2) is 4.79 Å². The molecular formula is C22H21N3O5S. The van der Waals surface area contributed by atoms with E-state index in [1.807, 2.05) is 37.4 Å². The van der Waals surface area contributed by atoms with Crippen LogP contribution in [0.2, 0.25) is 0 Å². The molecule has 0 radical (unpaired) electrons. The second-order valence-electron chi connectivity index (χ2n) is 7.64. The van der Waals surface area contributed by atoms with Crippen LogP contribution in [0.1, 0.15) is 12.6 Å². The third-order valence-corrected chi connectivity index (χ3v) is 6.85. The molecule has 1 saturated heterocycles. The molecule has 0 bridgehead atoms. The molecule has 2 aromatic carbocycles. The van der Waals surface area contributed by atoms with Crippen molar-refractivity contribution in [1.29, 1.82) is 0 Å². The van der Waals surface area contributed by atoms with Crippen LogP contribution in [-0.2, 0) is 4.74 Å². The summed E-state index contributed by atoms with van der Waals surface area (Å²) in [5, 5.41) is 19.3. The Morgan fingerprint density at radius 2 is 1.94 bits per heavy atom. The van der Waals surface area contributed by atoms with Crippen molar-refractivity contribution in [3.8, 4) is 11.1 Å². The largest absolute Gasteiger partial charge is 0.394 e. The Hall–Kier alpha value is -2.85. The van der Waals surface area contributed by atoms with E-state index in [0.29, 0.717) is 11.1 Å². The molecule has 0 aliphatic carbocycles. The maximum Gasteiger partial charge on any atom is 0.330 e. The van der Waals surface area contributed by atoms with Crippen molar-refractivity contribution < 1.29 is 14.9 Å². The van der Waals surface area contributed by atoms with E-state index in [1.165, 1.54) is 10.8 Å². The monoisotopic (exact) mass is 439 g/mol.